The average Bonchev–Trinajstić information content (AvgIpc) is 2.46. The van der Waals surface area contributed by atoms with E-state index in [9.17, 15) is 9.18 Å². The minimum absolute atomic E-state index is 0.275. The quantitative estimate of drug-likeness (QED) is 0.861. The van der Waals surface area contributed by atoms with Gasteiger partial charge in [0, 0.05) is 24.6 Å². The molecule has 0 aliphatic heterocycles. The molecule has 106 valence electrons. The zero-order valence-electron chi connectivity index (χ0n) is 11.0. The predicted octanol–water partition coefficient (Wildman–Crippen LogP) is 2.96. The third-order valence-electron chi connectivity index (χ3n) is 2.95. The Morgan fingerprint density at radius 1 is 1.30 bits per heavy atom. The first-order valence-corrected chi connectivity index (χ1v) is 6.65. The molecule has 1 unspecified atom stereocenters. The van der Waals surface area contributed by atoms with Crippen LogP contribution in [0.25, 0.3) is 10.8 Å². The monoisotopic (exact) mass is 295 g/mol. The van der Waals surface area contributed by atoms with E-state index in [2.05, 4.69) is 5.32 Å². The van der Waals surface area contributed by atoms with E-state index < -0.39 is 0 Å². The number of rotatable bonds is 5. The van der Waals surface area contributed by atoms with Gasteiger partial charge in [0.25, 0.3) is 5.91 Å². The van der Waals surface area contributed by atoms with Gasteiger partial charge in [0.1, 0.15) is 5.82 Å². The molecule has 0 radical (unpaired) electrons. The van der Waals surface area contributed by atoms with E-state index >= 15 is 0 Å². The van der Waals surface area contributed by atoms with Crippen LogP contribution in [0.5, 0.6) is 0 Å². The number of benzene rings is 2. The number of nitrogens with one attached hydrogen (secondary N) is 1. The van der Waals surface area contributed by atoms with E-state index in [4.69, 9.17) is 16.3 Å². The van der Waals surface area contributed by atoms with Crippen molar-refractivity contribution in [2.75, 3.05) is 20.3 Å². The normalized spacial score (nSPS) is 12.3. The van der Waals surface area contributed by atoms with Gasteiger partial charge in [-0.2, -0.15) is 0 Å². The highest BCUT2D eigenvalue weighted by Crippen LogP contribution is 2.21. The van der Waals surface area contributed by atoms with Gasteiger partial charge in [0.05, 0.1) is 12.0 Å². The maximum absolute atomic E-state index is 13.7. The second kappa shape index (κ2) is 6.68. The molecule has 2 rings (SSSR count). The first-order chi connectivity index (χ1) is 9.63. The van der Waals surface area contributed by atoms with E-state index in [1.165, 1.54) is 12.1 Å². The Morgan fingerprint density at radius 3 is 2.70 bits per heavy atom. The molecule has 20 heavy (non-hydrogen) atoms. The summed E-state index contributed by atoms with van der Waals surface area (Å²) < 4.78 is 18.6. The SMILES string of the molecule is COCC(Cl)CNC(=O)c1ccc(F)c2ccccc12. The van der Waals surface area contributed by atoms with Crippen molar-refractivity contribution >= 4 is 28.3 Å². The van der Waals surface area contributed by atoms with Crippen molar-refractivity contribution in [3.8, 4) is 0 Å². The van der Waals surface area contributed by atoms with Crippen molar-refractivity contribution in [3.63, 3.8) is 0 Å². The minimum atomic E-state index is -0.341. The fraction of sp³-hybridized carbons (Fsp3) is 0.267. The number of carbonyl (C=O) groups excluding carboxylic acids is 1. The lowest BCUT2D eigenvalue weighted by Crippen LogP contribution is -2.31. The van der Waals surface area contributed by atoms with Gasteiger partial charge in [0.15, 0.2) is 0 Å². The minimum Gasteiger partial charge on any atom is -0.383 e. The van der Waals surface area contributed by atoms with E-state index in [1.54, 1.807) is 31.4 Å². The Labute approximate surface area is 121 Å². The number of ether oxygens (including phenoxy) is 1. The van der Waals surface area contributed by atoms with Gasteiger partial charge >= 0.3 is 0 Å². The van der Waals surface area contributed by atoms with Gasteiger partial charge < -0.3 is 10.1 Å². The molecule has 2 aromatic carbocycles. The van der Waals surface area contributed by atoms with Crippen molar-refractivity contribution < 1.29 is 13.9 Å². The zero-order valence-corrected chi connectivity index (χ0v) is 11.8. The van der Waals surface area contributed by atoms with E-state index in [1.807, 2.05) is 0 Å². The highest BCUT2D eigenvalue weighted by atomic mass is 35.5. The van der Waals surface area contributed by atoms with Crippen LogP contribution in [0.4, 0.5) is 4.39 Å². The van der Waals surface area contributed by atoms with Crippen LogP contribution in [0.3, 0.4) is 0 Å². The largest absolute Gasteiger partial charge is 0.383 e. The summed E-state index contributed by atoms with van der Waals surface area (Å²) in [5, 5.41) is 3.44. The molecule has 0 fully saturated rings. The van der Waals surface area contributed by atoms with Crippen LogP contribution in [0, 0.1) is 5.82 Å². The van der Waals surface area contributed by atoms with Crippen LogP contribution in [-0.2, 0) is 4.74 Å². The summed E-state index contributed by atoms with van der Waals surface area (Å²) >= 11 is 5.96. The molecule has 0 aromatic heterocycles. The summed E-state index contributed by atoms with van der Waals surface area (Å²) in [6.45, 7) is 0.645. The fourth-order valence-corrected chi connectivity index (χ4v) is 2.20. The van der Waals surface area contributed by atoms with Gasteiger partial charge in [-0.3, -0.25) is 4.79 Å². The number of hydrogen-bond donors (Lipinski definition) is 1. The molecule has 0 aliphatic carbocycles. The molecule has 1 N–H and O–H groups in total. The van der Waals surface area contributed by atoms with E-state index in [0.717, 1.165) is 0 Å². The number of methoxy groups -OCH3 is 1. The van der Waals surface area contributed by atoms with Crippen molar-refractivity contribution in [1.29, 1.82) is 0 Å². The second-order valence-electron chi connectivity index (χ2n) is 4.40. The number of alkyl halides is 1. The maximum Gasteiger partial charge on any atom is 0.251 e. The standard InChI is InChI=1S/C15H15ClFNO2/c1-20-9-10(16)8-18-15(19)13-6-7-14(17)12-5-3-2-4-11(12)13/h2-7,10H,8-9H2,1H3,(H,18,19). The van der Waals surface area contributed by atoms with Gasteiger partial charge in [-0.15, -0.1) is 11.6 Å². The number of hydrogen-bond acceptors (Lipinski definition) is 2. The first-order valence-electron chi connectivity index (χ1n) is 6.22. The molecule has 0 bridgehead atoms. The average molecular weight is 296 g/mol. The van der Waals surface area contributed by atoms with Crippen LogP contribution in [0.2, 0.25) is 0 Å². The third kappa shape index (κ3) is 3.26. The Kier molecular flexibility index (Phi) is 4.93. The number of amides is 1. The summed E-state index contributed by atoms with van der Waals surface area (Å²) in [6, 6.07) is 9.66. The maximum atomic E-state index is 13.7. The van der Waals surface area contributed by atoms with Crippen molar-refractivity contribution in [2.45, 2.75) is 5.38 Å². The molecular weight excluding hydrogens is 281 g/mol. The molecule has 1 atom stereocenters. The molecule has 0 saturated heterocycles. The molecular formula is C15H15ClFNO2. The summed E-state index contributed by atoms with van der Waals surface area (Å²) in [7, 11) is 1.55. The molecule has 2 aromatic rings. The highest BCUT2D eigenvalue weighted by molar-refractivity contribution is 6.21. The summed E-state index contributed by atoms with van der Waals surface area (Å²) in [5.41, 5.74) is 0.434. The number of carbonyl (C=O) groups is 1. The molecule has 0 spiro atoms. The lowest BCUT2D eigenvalue weighted by atomic mass is 10.0. The molecule has 0 saturated carbocycles. The molecule has 1 amide bonds. The lowest BCUT2D eigenvalue weighted by Gasteiger charge is -2.11. The van der Waals surface area contributed by atoms with Crippen molar-refractivity contribution in [1.82, 2.24) is 5.32 Å². The highest BCUT2D eigenvalue weighted by Gasteiger charge is 2.13. The lowest BCUT2D eigenvalue weighted by molar-refractivity contribution is 0.0951. The molecule has 0 aliphatic rings. The van der Waals surface area contributed by atoms with Gasteiger partial charge in [-0.05, 0) is 17.5 Å². The predicted molar refractivity (Wildman–Crippen MR) is 77.8 cm³/mol. The van der Waals surface area contributed by atoms with Gasteiger partial charge in [0.2, 0.25) is 0 Å². The van der Waals surface area contributed by atoms with Crippen LogP contribution < -0.4 is 5.32 Å². The van der Waals surface area contributed by atoms with Gasteiger partial charge in [-0.1, -0.05) is 24.3 Å². The third-order valence-corrected chi connectivity index (χ3v) is 3.23. The molecule has 3 nitrogen and oxygen atoms in total. The smallest absolute Gasteiger partial charge is 0.251 e. The summed E-state index contributed by atoms with van der Waals surface area (Å²) in [6.07, 6.45) is 0. The first kappa shape index (κ1) is 14.8. The van der Waals surface area contributed by atoms with E-state index in [-0.39, 0.29) is 17.1 Å². The molecule has 0 heterocycles. The Hall–Kier alpha value is -1.65. The molecule has 5 heteroatoms. The number of halogens is 2. The topological polar surface area (TPSA) is 38.3 Å². The van der Waals surface area contributed by atoms with Crippen molar-refractivity contribution in [2.24, 2.45) is 0 Å². The Bertz CT molecular complexity index is 618. The van der Waals surface area contributed by atoms with E-state index in [0.29, 0.717) is 29.5 Å². The fourth-order valence-electron chi connectivity index (χ4n) is 2.00. The van der Waals surface area contributed by atoms with Crippen LogP contribution in [0.1, 0.15) is 10.4 Å². The summed E-state index contributed by atoms with van der Waals surface area (Å²) in [4.78, 5) is 12.1. The van der Waals surface area contributed by atoms with Gasteiger partial charge in [-0.25, -0.2) is 4.39 Å². The zero-order chi connectivity index (χ0) is 14.5. The van der Waals surface area contributed by atoms with Crippen LogP contribution in [-0.4, -0.2) is 31.5 Å². The van der Waals surface area contributed by atoms with Crippen LogP contribution >= 0.6 is 11.6 Å². The second-order valence-corrected chi connectivity index (χ2v) is 5.02. The Morgan fingerprint density at radius 2 is 2.00 bits per heavy atom. The number of fused-ring (bicyclic) bond motifs is 1. The van der Waals surface area contributed by atoms with Crippen LogP contribution in [0.15, 0.2) is 36.4 Å². The summed E-state index contributed by atoms with van der Waals surface area (Å²) in [5.74, 6) is -0.616. The Balaban J connectivity index is 2.20. The van der Waals surface area contributed by atoms with Crippen molar-refractivity contribution in [3.05, 3.63) is 47.8 Å².